The number of nitrogens with one attached hydrogen (secondary N) is 1. The van der Waals surface area contributed by atoms with Gasteiger partial charge < -0.3 is 5.32 Å². The van der Waals surface area contributed by atoms with E-state index in [1.807, 2.05) is 0 Å². The van der Waals surface area contributed by atoms with Gasteiger partial charge in [0.25, 0.3) is 0 Å². The van der Waals surface area contributed by atoms with Gasteiger partial charge in [0, 0.05) is 10.5 Å². The van der Waals surface area contributed by atoms with Crippen molar-refractivity contribution in [3.05, 3.63) is 34.3 Å². The standard InChI is InChI=1S/C11H16BrN/c1-9(2)13-8-7-10-3-5-11(12)6-4-10/h3-6,9,13H,7-8H2,1-2H3. The highest BCUT2D eigenvalue weighted by molar-refractivity contribution is 9.10. The molecule has 0 fully saturated rings. The van der Waals surface area contributed by atoms with Crippen LogP contribution in [-0.4, -0.2) is 12.6 Å². The van der Waals surface area contributed by atoms with Crippen LogP contribution in [0.25, 0.3) is 0 Å². The van der Waals surface area contributed by atoms with Gasteiger partial charge in [0.05, 0.1) is 0 Å². The van der Waals surface area contributed by atoms with E-state index in [0.29, 0.717) is 6.04 Å². The van der Waals surface area contributed by atoms with Crippen molar-refractivity contribution in [1.29, 1.82) is 0 Å². The summed E-state index contributed by atoms with van der Waals surface area (Å²) in [4.78, 5) is 0. The molecule has 1 nitrogen and oxygen atoms in total. The van der Waals surface area contributed by atoms with Crippen LogP contribution in [0.4, 0.5) is 0 Å². The minimum Gasteiger partial charge on any atom is -0.314 e. The van der Waals surface area contributed by atoms with Gasteiger partial charge >= 0.3 is 0 Å². The Kier molecular flexibility index (Phi) is 4.46. The monoisotopic (exact) mass is 241 g/mol. The molecule has 0 heterocycles. The lowest BCUT2D eigenvalue weighted by molar-refractivity contribution is 0.590. The Balaban J connectivity index is 2.33. The van der Waals surface area contributed by atoms with E-state index in [0.717, 1.165) is 17.4 Å². The third-order valence-electron chi connectivity index (χ3n) is 1.88. The molecule has 1 aromatic carbocycles. The van der Waals surface area contributed by atoms with Gasteiger partial charge in [-0.2, -0.15) is 0 Å². The molecule has 0 bridgehead atoms. The SMILES string of the molecule is CC(C)NCCc1ccc(Br)cc1. The van der Waals surface area contributed by atoms with Gasteiger partial charge in [0.1, 0.15) is 0 Å². The Bertz CT molecular complexity index is 241. The van der Waals surface area contributed by atoms with Crippen molar-refractivity contribution in [3.8, 4) is 0 Å². The van der Waals surface area contributed by atoms with Gasteiger partial charge in [-0.3, -0.25) is 0 Å². The van der Waals surface area contributed by atoms with Crippen molar-refractivity contribution in [1.82, 2.24) is 5.32 Å². The van der Waals surface area contributed by atoms with E-state index in [9.17, 15) is 0 Å². The first-order valence-electron chi connectivity index (χ1n) is 4.66. The maximum absolute atomic E-state index is 3.42. The van der Waals surface area contributed by atoms with Gasteiger partial charge in [0.15, 0.2) is 0 Å². The van der Waals surface area contributed by atoms with Crippen LogP contribution in [0, 0.1) is 0 Å². The smallest absolute Gasteiger partial charge is 0.0175 e. The van der Waals surface area contributed by atoms with E-state index in [4.69, 9.17) is 0 Å². The number of rotatable bonds is 4. The fraction of sp³-hybridized carbons (Fsp3) is 0.455. The summed E-state index contributed by atoms with van der Waals surface area (Å²) in [5.41, 5.74) is 1.39. The number of hydrogen-bond donors (Lipinski definition) is 1. The minimum atomic E-state index is 0.579. The van der Waals surface area contributed by atoms with Gasteiger partial charge in [-0.1, -0.05) is 41.9 Å². The number of hydrogen-bond acceptors (Lipinski definition) is 1. The highest BCUT2D eigenvalue weighted by Crippen LogP contribution is 2.10. The number of benzene rings is 1. The molecule has 13 heavy (non-hydrogen) atoms. The molecular weight excluding hydrogens is 226 g/mol. The maximum atomic E-state index is 3.42. The molecule has 0 spiro atoms. The van der Waals surface area contributed by atoms with Gasteiger partial charge in [-0.05, 0) is 30.7 Å². The third-order valence-corrected chi connectivity index (χ3v) is 2.41. The Hall–Kier alpha value is -0.340. The summed E-state index contributed by atoms with van der Waals surface area (Å²) in [6, 6.07) is 9.07. The van der Waals surface area contributed by atoms with Crippen molar-refractivity contribution in [2.45, 2.75) is 26.3 Å². The van der Waals surface area contributed by atoms with E-state index < -0.39 is 0 Å². The Morgan fingerprint density at radius 3 is 2.38 bits per heavy atom. The fourth-order valence-corrected chi connectivity index (χ4v) is 1.42. The third kappa shape index (κ3) is 4.44. The molecule has 0 unspecified atom stereocenters. The average Bonchev–Trinajstić information content (AvgIpc) is 2.08. The highest BCUT2D eigenvalue weighted by atomic mass is 79.9. The summed E-state index contributed by atoms with van der Waals surface area (Å²) in [7, 11) is 0. The van der Waals surface area contributed by atoms with Crippen LogP contribution in [0.1, 0.15) is 19.4 Å². The summed E-state index contributed by atoms with van der Waals surface area (Å²) in [6.45, 7) is 5.39. The Morgan fingerprint density at radius 1 is 1.23 bits per heavy atom. The zero-order chi connectivity index (χ0) is 9.68. The summed E-state index contributed by atoms with van der Waals surface area (Å²) < 4.78 is 1.15. The molecule has 0 aliphatic heterocycles. The predicted octanol–water partition coefficient (Wildman–Crippen LogP) is 2.99. The second-order valence-electron chi connectivity index (χ2n) is 3.49. The van der Waals surface area contributed by atoms with E-state index in [-0.39, 0.29) is 0 Å². The van der Waals surface area contributed by atoms with E-state index in [1.54, 1.807) is 0 Å². The lowest BCUT2D eigenvalue weighted by atomic mass is 10.1. The van der Waals surface area contributed by atoms with Crippen molar-refractivity contribution in [3.63, 3.8) is 0 Å². The van der Waals surface area contributed by atoms with Crippen molar-refractivity contribution in [2.75, 3.05) is 6.54 Å². The van der Waals surface area contributed by atoms with Crippen LogP contribution < -0.4 is 5.32 Å². The van der Waals surface area contributed by atoms with E-state index in [2.05, 4.69) is 59.4 Å². The largest absolute Gasteiger partial charge is 0.314 e. The van der Waals surface area contributed by atoms with Crippen LogP contribution in [0.15, 0.2) is 28.7 Å². The van der Waals surface area contributed by atoms with Crippen molar-refractivity contribution in [2.24, 2.45) is 0 Å². The second-order valence-corrected chi connectivity index (χ2v) is 4.40. The van der Waals surface area contributed by atoms with Crippen LogP contribution >= 0.6 is 15.9 Å². The quantitative estimate of drug-likeness (QED) is 0.855. The molecular formula is C11H16BrN. The Morgan fingerprint density at radius 2 is 1.85 bits per heavy atom. The fourth-order valence-electron chi connectivity index (χ4n) is 1.16. The minimum absolute atomic E-state index is 0.579. The molecule has 0 aliphatic rings. The van der Waals surface area contributed by atoms with Gasteiger partial charge in [-0.15, -0.1) is 0 Å². The lowest BCUT2D eigenvalue weighted by Gasteiger charge is -2.07. The molecule has 72 valence electrons. The van der Waals surface area contributed by atoms with Crippen molar-refractivity contribution >= 4 is 15.9 Å². The first kappa shape index (κ1) is 10.7. The first-order chi connectivity index (χ1) is 6.18. The second kappa shape index (κ2) is 5.40. The maximum Gasteiger partial charge on any atom is 0.0175 e. The van der Waals surface area contributed by atoms with Crippen LogP contribution in [0.2, 0.25) is 0 Å². The lowest BCUT2D eigenvalue weighted by Crippen LogP contribution is -2.24. The summed E-state index contributed by atoms with van der Waals surface area (Å²) in [5, 5.41) is 3.40. The molecule has 0 saturated carbocycles. The molecule has 1 aromatic rings. The van der Waals surface area contributed by atoms with Crippen LogP contribution in [0.3, 0.4) is 0 Å². The number of halogens is 1. The summed E-state index contributed by atoms with van der Waals surface area (Å²) in [6.07, 6.45) is 1.10. The molecule has 0 aromatic heterocycles. The average molecular weight is 242 g/mol. The summed E-state index contributed by atoms with van der Waals surface area (Å²) >= 11 is 3.42. The zero-order valence-corrected chi connectivity index (χ0v) is 9.76. The Labute approximate surface area is 88.7 Å². The van der Waals surface area contributed by atoms with Gasteiger partial charge in [0.2, 0.25) is 0 Å². The summed E-state index contributed by atoms with van der Waals surface area (Å²) in [5.74, 6) is 0. The highest BCUT2D eigenvalue weighted by Gasteiger charge is 1.94. The van der Waals surface area contributed by atoms with Crippen molar-refractivity contribution < 1.29 is 0 Å². The van der Waals surface area contributed by atoms with E-state index >= 15 is 0 Å². The molecule has 0 aliphatic carbocycles. The predicted molar refractivity (Wildman–Crippen MR) is 61.0 cm³/mol. The molecule has 0 amide bonds. The molecule has 1 rings (SSSR count). The van der Waals surface area contributed by atoms with Crippen LogP contribution in [-0.2, 0) is 6.42 Å². The zero-order valence-electron chi connectivity index (χ0n) is 8.18. The molecule has 1 N–H and O–H groups in total. The molecule has 0 radical (unpaired) electrons. The van der Waals surface area contributed by atoms with E-state index in [1.165, 1.54) is 5.56 Å². The normalized spacial score (nSPS) is 10.8. The first-order valence-corrected chi connectivity index (χ1v) is 5.45. The molecule has 2 heteroatoms. The van der Waals surface area contributed by atoms with Gasteiger partial charge in [-0.25, -0.2) is 0 Å². The van der Waals surface area contributed by atoms with Crippen LogP contribution in [0.5, 0.6) is 0 Å². The topological polar surface area (TPSA) is 12.0 Å². The molecule has 0 atom stereocenters. The molecule has 0 saturated heterocycles.